The number of piperidine rings is 1. The second-order valence-electron chi connectivity index (χ2n) is 6.73. The molecule has 1 fully saturated rings. The molecule has 0 aromatic heterocycles. The van der Waals surface area contributed by atoms with Crippen LogP contribution in [-0.2, 0) is 9.53 Å². The molecule has 1 aliphatic heterocycles. The van der Waals surface area contributed by atoms with Gasteiger partial charge in [-0.2, -0.15) is 0 Å². The third-order valence-electron chi connectivity index (χ3n) is 5.76. The topological polar surface area (TPSA) is 41.6 Å². The molecule has 0 aromatic carbocycles. The number of carbonyl (C=O) groups excluding carboxylic acids is 1. The molecule has 4 heteroatoms. The van der Waals surface area contributed by atoms with Gasteiger partial charge < -0.3 is 15.0 Å². The van der Waals surface area contributed by atoms with Crippen LogP contribution < -0.4 is 5.32 Å². The van der Waals surface area contributed by atoms with Crippen LogP contribution in [0.25, 0.3) is 0 Å². The number of carbonyl (C=O) groups is 1. The van der Waals surface area contributed by atoms with Crippen LogP contribution in [0.4, 0.5) is 0 Å². The summed E-state index contributed by atoms with van der Waals surface area (Å²) in [6, 6.07) is 0. The van der Waals surface area contributed by atoms with Crippen molar-refractivity contribution in [2.75, 3.05) is 33.8 Å². The second-order valence-corrected chi connectivity index (χ2v) is 6.73. The van der Waals surface area contributed by atoms with Crippen LogP contribution in [0.15, 0.2) is 0 Å². The highest BCUT2D eigenvalue weighted by molar-refractivity contribution is 5.80. The summed E-state index contributed by atoms with van der Waals surface area (Å²) in [5.74, 6) is -0.167. The standard InChI is InChI=1S/C17H34N2O2/c1-6-17(7-2)10-13-19(14-11-17)12-8-9-16(3,18-4)15(20)21-5/h18H,6-14H2,1-5H3. The lowest BCUT2D eigenvalue weighted by Crippen LogP contribution is -2.49. The van der Waals surface area contributed by atoms with Gasteiger partial charge in [-0.05, 0) is 64.7 Å². The number of methoxy groups -OCH3 is 1. The van der Waals surface area contributed by atoms with Crippen molar-refractivity contribution < 1.29 is 9.53 Å². The van der Waals surface area contributed by atoms with Gasteiger partial charge in [0.25, 0.3) is 0 Å². The molecule has 4 nitrogen and oxygen atoms in total. The molecule has 21 heavy (non-hydrogen) atoms. The smallest absolute Gasteiger partial charge is 0.325 e. The molecule has 0 aliphatic carbocycles. The highest BCUT2D eigenvalue weighted by Crippen LogP contribution is 2.37. The Morgan fingerprint density at radius 3 is 2.29 bits per heavy atom. The summed E-state index contributed by atoms with van der Waals surface area (Å²) in [6.45, 7) is 10.1. The first-order valence-corrected chi connectivity index (χ1v) is 8.45. The van der Waals surface area contributed by atoms with E-state index in [1.165, 1.54) is 45.9 Å². The lowest BCUT2D eigenvalue weighted by atomic mass is 9.74. The van der Waals surface area contributed by atoms with Gasteiger partial charge in [-0.3, -0.25) is 4.79 Å². The lowest BCUT2D eigenvalue weighted by Gasteiger charge is -2.41. The van der Waals surface area contributed by atoms with Gasteiger partial charge in [0.05, 0.1) is 7.11 Å². The molecule has 1 unspecified atom stereocenters. The molecular formula is C17H34N2O2. The Labute approximate surface area is 130 Å². The minimum absolute atomic E-state index is 0.167. The fourth-order valence-electron chi connectivity index (χ4n) is 3.42. The van der Waals surface area contributed by atoms with Crippen LogP contribution in [0.5, 0.6) is 0 Å². The van der Waals surface area contributed by atoms with Gasteiger partial charge >= 0.3 is 5.97 Å². The molecule has 1 atom stereocenters. The number of hydrogen-bond donors (Lipinski definition) is 1. The molecule has 1 rings (SSSR count). The summed E-state index contributed by atoms with van der Waals surface area (Å²) >= 11 is 0. The lowest BCUT2D eigenvalue weighted by molar-refractivity contribution is -0.148. The van der Waals surface area contributed by atoms with E-state index in [9.17, 15) is 4.79 Å². The molecule has 0 aromatic rings. The molecular weight excluding hydrogens is 264 g/mol. The van der Waals surface area contributed by atoms with Crippen molar-refractivity contribution in [2.45, 2.75) is 64.8 Å². The zero-order chi connectivity index (χ0) is 15.9. The highest BCUT2D eigenvalue weighted by Gasteiger charge is 2.33. The average Bonchev–Trinajstić information content (AvgIpc) is 2.54. The Bertz CT molecular complexity index is 319. The van der Waals surface area contributed by atoms with Crippen molar-refractivity contribution in [3.05, 3.63) is 0 Å². The van der Waals surface area contributed by atoms with Crippen LogP contribution in [0, 0.1) is 5.41 Å². The van der Waals surface area contributed by atoms with E-state index in [1.54, 1.807) is 0 Å². The predicted molar refractivity (Wildman–Crippen MR) is 87.4 cm³/mol. The van der Waals surface area contributed by atoms with Gasteiger partial charge in [-0.25, -0.2) is 0 Å². The number of hydrogen-bond acceptors (Lipinski definition) is 4. The van der Waals surface area contributed by atoms with E-state index < -0.39 is 5.54 Å². The molecule has 0 spiro atoms. The summed E-state index contributed by atoms with van der Waals surface area (Å²) in [6.07, 6.45) is 7.09. The first-order valence-electron chi connectivity index (χ1n) is 8.45. The van der Waals surface area contributed by atoms with Crippen molar-refractivity contribution in [3.8, 4) is 0 Å². The molecule has 1 aliphatic rings. The second kappa shape index (κ2) is 8.14. The monoisotopic (exact) mass is 298 g/mol. The Morgan fingerprint density at radius 1 is 1.29 bits per heavy atom. The van der Waals surface area contributed by atoms with E-state index in [-0.39, 0.29) is 5.97 Å². The fourth-order valence-corrected chi connectivity index (χ4v) is 3.42. The van der Waals surface area contributed by atoms with Gasteiger partial charge in [0.2, 0.25) is 0 Å². The first kappa shape index (κ1) is 18.4. The van der Waals surface area contributed by atoms with Gasteiger partial charge in [0.1, 0.15) is 5.54 Å². The van der Waals surface area contributed by atoms with Crippen molar-refractivity contribution in [2.24, 2.45) is 5.41 Å². The van der Waals surface area contributed by atoms with Gasteiger partial charge in [0, 0.05) is 0 Å². The van der Waals surface area contributed by atoms with E-state index in [1.807, 2.05) is 14.0 Å². The molecule has 1 heterocycles. The minimum Gasteiger partial charge on any atom is -0.468 e. The Kier molecular flexibility index (Phi) is 7.14. The molecule has 0 amide bonds. The Balaban J connectivity index is 2.36. The summed E-state index contributed by atoms with van der Waals surface area (Å²) in [5.41, 5.74) is 0.0309. The third-order valence-corrected chi connectivity index (χ3v) is 5.76. The quantitative estimate of drug-likeness (QED) is 0.700. The molecule has 0 radical (unpaired) electrons. The van der Waals surface area contributed by atoms with Crippen LogP contribution in [0.3, 0.4) is 0 Å². The summed E-state index contributed by atoms with van der Waals surface area (Å²) < 4.78 is 4.89. The maximum absolute atomic E-state index is 11.8. The van der Waals surface area contributed by atoms with Crippen LogP contribution >= 0.6 is 0 Å². The van der Waals surface area contributed by atoms with Crippen LogP contribution in [0.2, 0.25) is 0 Å². The normalized spacial score (nSPS) is 21.8. The Hall–Kier alpha value is -0.610. The average molecular weight is 298 g/mol. The number of likely N-dealkylation sites (N-methyl/N-ethyl adjacent to an activating group) is 1. The summed E-state index contributed by atoms with van der Waals surface area (Å²) in [7, 11) is 3.28. The van der Waals surface area contributed by atoms with E-state index in [4.69, 9.17) is 4.74 Å². The molecule has 0 bridgehead atoms. The number of nitrogens with one attached hydrogen (secondary N) is 1. The zero-order valence-corrected chi connectivity index (χ0v) is 14.6. The van der Waals surface area contributed by atoms with Crippen LogP contribution in [0.1, 0.15) is 59.3 Å². The van der Waals surface area contributed by atoms with Gasteiger partial charge in [-0.15, -0.1) is 0 Å². The maximum Gasteiger partial charge on any atom is 0.325 e. The molecule has 1 saturated heterocycles. The minimum atomic E-state index is -0.554. The number of nitrogens with zero attached hydrogens (tertiary/aromatic N) is 1. The van der Waals surface area contributed by atoms with E-state index in [0.717, 1.165) is 19.4 Å². The number of likely N-dealkylation sites (tertiary alicyclic amines) is 1. The molecule has 124 valence electrons. The maximum atomic E-state index is 11.8. The predicted octanol–water partition coefficient (Wildman–Crippen LogP) is 2.82. The van der Waals surface area contributed by atoms with E-state index >= 15 is 0 Å². The number of ether oxygens (including phenoxy) is 1. The highest BCUT2D eigenvalue weighted by atomic mass is 16.5. The van der Waals surface area contributed by atoms with Crippen molar-refractivity contribution in [1.29, 1.82) is 0 Å². The third kappa shape index (κ3) is 4.68. The summed E-state index contributed by atoms with van der Waals surface area (Å²) in [4.78, 5) is 14.4. The van der Waals surface area contributed by atoms with Gasteiger partial charge in [0.15, 0.2) is 0 Å². The van der Waals surface area contributed by atoms with E-state index in [0.29, 0.717) is 5.41 Å². The van der Waals surface area contributed by atoms with Crippen molar-refractivity contribution in [1.82, 2.24) is 10.2 Å². The fraction of sp³-hybridized carbons (Fsp3) is 0.941. The van der Waals surface area contributed by atoms with Crippen LogP contribution in [-0.4, -0.2) is 50.2 Å². The first-order chi connectivity index (χ1) is 9.95. The summed E-state index contributed by atoms with van der Waals surface area (Å²) in [5, 5.41) is 3.11. The van der Waals surface area contributed by atoms with Crippen molar-refractivity contribution in [3.63, 3.8) is 0 Å². The molecule has 1 N–H and O–H groups in total. The Morgan fingerprint density at radius 2 is 1.86 bits per heavy atom. The largest absolute Gasteiger partial charge is 0.468 e. The number of esters is 1. The SMILES string of the molecule is CCC1(CC)CCN(CCCC(C)(NC)C(=O)OC)CC1. The number of rotatable bonds is 8. The van der Waals surface area contributed by atoms with E-state index in [2.05, 4.69) is 24.1 Å². The van der Waals surface area contributed by atoms with Gasteiger partial charge in [-0.1, -0.05) is 26.7 Å². The zero-order valence-electron chi connectivity index (χ0n) is 14.6. The van der Waals surface area contributed by atoms with Crippen molar-refractivity contribution >= 4 is 5.97 Å². The molecule has 0 saturated carbocycles.